The Morgan fingerprint density at radius 3 is 1.36 bits per heavy atom. The normalized spacial score (nSPS) is 13.4. The molecule has 1 aromatic rings. The van der Waals surface area contributed by atoms with Crippen LogP contribution < -0.4 is 10.6 Å². The fourth-order valence-corrected chi connectivity index (χ4v) is 6.88. The van der Waals surface area contributed by atoms with Crippen LogP contribution >= 0.6 is 0 Å². The first kappa shape index (κ1) is 46.6. The summed E-state index contributed by atoms with van der Waals surface area (Å²) in [6.45, 7) is 5.62. The van der Waals surface area contributed by atoms with Crippen LogP contribution in [-0.4, -0.2) is 39.7 Å². The summed E-state index contributed by atoms with van der Waals surface area (Å²) < 4.78 is 0. The lowest BCUT2D eigenvalue weighted by Crippen LogP contribution is -2.28. The summed E-state index contributed by atoms with van der Waals surface area (Å²) in [5, 5.41) is 36.9. The Bertz CT molecular complexity index is 881. The highest BCUT2D eigenvalue weighted by atomic mass is 16.3. The fraction of sp³-hybridized carbons (Fsp3) is 0.841. The molecular weight excluding hydrogens is 620 g/mol. The summed E-state index contributed by atoms with van der Waals surface area (Å²) in [7, 11) is 0. The molecule has 1 aromatic carbocycles. The summed E-state index contributed by atoms with van der Waals surface area (Å²) >= 11 is 0. The van der Waals surface area contributed by atoms with E-state index in [1.165, 1.54) is 116 Å². The van der Waals surface area contributed by atoms with Crippen molar-refractivity contribution in [2.45, 2.75) is 238 Å². The molecule has 0 fully saturated rings. The van der Waals surface area contributed by atoms with E-state index in [0.717, 1.165) is 81.8 Å². The van der Waals surface area contributed by atoms with Crippen LogP contribution in [0.2, 0.25) is 0 Å². The third-order valence-electron chi connectivity index (χ3n) is 10.3. The number of benzene rings is 1. The summed E-state index contributed by atoms with van der Waals surface area (Å²) in [4.78, 5) is 12.4. The van der Waals surface area contributed by atoms with Gasteiger partial charge in [-0.25, -0.2) is 0 Å². The van der Waals surface area contributed by atoms with Gasteiger partial charge in [-0.15, -0.1) is 0 Å². The van der Waals surface area contributed by atoms with Gasteiger partial charge in [0.05, 0.1) is 12.2 Å². The van der Waals surface area contributed by atoms with Crippen LogP contribution in [0.1, 0.15) is 218 Å². The number of amides is 1. The molecule has 0 aliphatic heterocycles. The van der Waals surface area contributed by atoms with E-state index in [1.54, 1.807) is 0 Å². The van der Waals surface area contributed by atoms with Crippen molar-refractivity contribution in [2.24, 2.45) is 0 Å². The second-order valence-electron chi connectivity index (χ2n) is 15.3. The highest BCUT2D eigenvalue weighted by Crippen LogP contribution is 2.16. The monoisotopic (exact) mass is 703 g/mol. The molecule has 0 saturated heterocycles. The Hall–Kier alpha value is -1.47. The molecule has 0 aliphatic rings. The van der Waals surface area contributed by atoms with Crippen LogP contribution in [0.3, 0.4) is 0 Å². The summed E-state index contributed by atoms with van der Waals surface area (Å²) in [6, 6.07) is 8.26. The molecule has 0 spiro atoms. The average molecular weight is 703 g/mol. The van der Waals surface area contributed by atoms with Gasteiger partial charge < -0.3 is 20.6 Å². The van der Waals surface area contributed by atoms with Gasteiger partial charge in [-0.3, -0.25) is 10.1 Å². The summed E-state index contributed by atoms with van der Waals surface area (Å²) in [6.07, 6.45) is 33.5. The van der Waals surface area contributed by atoms with Crippen molar-refractivity contribution in [3.63, 3.8) is 0 Å². The molecule has 0 heterocycles. The lowest BCUT2D eigenvalue weighted by molar-refractivity contribution is -0.121. The van der Waals surface area contributed by atoms with Crippen molar-refractivity contribution in [3.8, 4) is 0 Å². The minimum Gasteiger partial charge on any atom is -0.393 e. The van der Waals surface area contributed by atoms with Gasteiger partial charge in [-0.05, 0) is 56.1 Å². The second-order valence-corrected chi connectivity index (χ2v) is 15.3. The molecular formula is C44H82N2O4. The Balaban J connectivity index is 1.97. The molecule has 6 nitrogen and oxygen atoms in total. The highest BCUT2D eigenvalue weighted by molar-refractivity contribution is 5.75. The number of unbranched alkanes of at least 4 members (excludes halogenated alkanes) is 20. The molecule has 0 aromatic heterocycles. The first-order valence-corrected chi connectivity index (χ1v) is 21.6. The lowest BCUT2D eigenvalue weighted by atomic mass is 10.0. The number of hydrogen-bond acceptors (Lipinski definition) is 5. The Labute approximate surface area is 309 Å². The maximum Gasteiger partial charge on any atom is 0.220 e. The SMILES string of the molecule is CCCCCCC(O)CCCCCCCCCCC(=O)NCc1cccc(CNC(O)CCCCCCCCCCC(O)CCCCCC)c1. The first-order chi connectivity index (χ1) is 24.4. The number of aliphatic hydroxyl groups excluding tert-OH is 3. The highest BCUT2D eigenvalue weighted by Gasteiger charge is 2.07. The third-order valence-corrected chi connectivity index (χ3v) is 10.3. The summed E-state index contributed by atoms with van der Waals surface area (Å²) in [5.41, 5.74) is 2.22. The maximum absolute atomic E-state index is 12.4. The van der Waals surface area contributed by atoms with Crippen LogP contribution in [0.25, 0.3) is 0 Å². The fourth-order valence-electron chi connectivity index (χ4n) is 6.88. The average Bonchev–Trinajstić information content (AvgIpc) is 3.12. The number of carbonyl (C=O) groups excluding carboxylic acids is 1. The standard InChI is InChI=1S/C44H82N2O4/c1-3-5-7-21-30-41(47)32-23-17-13-9-11-15-19-25-34-43(49)45-37-39-28-27-29-40(36-39)38-46-44(50)35-26-20-16-12-10-14-18-24-33-42(48)31-22-8-6-4-2/h27-29,36,41-43,45,47-49H,3-26,30-35,37-38H2,1-2H3,(H,46,50). The van der Waals surface area contributed by atoms with Gasteiger partial charge in [-0.1, -0.05) is 179 Å². The van der Waals surface area contributed by atoms with Crippen molar-refractivity contribution in [1.29, 1.82) is 0 Å². The number of rotatable bonds is 37. The Morgan fingerprint density at radius 1 is 0.520 bits per heavy atom. The van der Waals surface area contributed by atoms with Crippen LogP contribution in [0, 0.1) is 0 Å². The number of hydrogen-bond donors (Lipinski definition) is 5. The van der Waals surface area contributed by atoms with Gasteiger partial charge in [-0.2, -0.15) is 0 Å². The van der Waals surface area contributed by atoms with E-state index in [2.05, 4.69) is 36.6 Å². The predicted octanol–water partition coefficient (Wildman–Crippen LogP) is 11.2. The number of aliphatic hydroxyl groups is 3. The summed E-state index contributed by atoms with van der Waals surface area (Å²) in [5.74, 6) is 0.125. The van der Waals surface area contributed by atoms with E-state index < -0.39 is 6.23 Å². The van der Waals surface area contributed by atoms with Gasteiger partial charge >= 0.3 is 0 Å². The molecule has 1 amide bonds. The van der Waals surface area contributed by atoms with E-state index in [9.17, 15) is 20.1 Å². The van der Waals surface area contributed by atoms with Crippen molar-refractivity contribution >= 4 is 5.91 Å². The lowest BCUT2D eigenvalue weighted by Gasteiger charge is -2.14. The van der Waals surface area contributed by atoms with Crippen LogP contribution in [0.15, 0.2) is 24.3 Å². The van der Waals surface area contributed by atoms with E-state index in [4.69, 9.17) is 0 Å². The van der Waals surface area contributed by atoms with Gasteiger partial charge in [0.25, 0.3) is 0 Å². The predicted molar refractivity (Wildman–Crippen MR) is 213 cm³/mol. The van der Waals surface area contributed by atoms with Crippen molar-refractivity contribution in [1.82, 2.24) is 10.6 Å². The van der Waals surface area contributed by atoms with Gasteiger partial charge in [0.15, 0.2) is 0 Å². The minimum atomic E-state index is -0.490. The van der Waals surface area contributed by atoms with Crippen molar-refractivity contribution in [3.05, 3.63) is 35.4 Å². The Morgan fingerprint density at radius 2 is 0.900 bits per heavy atom. The zero-order valence-corrected chi connectivity index (χ0v) is 32.9. The molecule has 0 radical (unpaired) electrons. The molecule has 292 valence electrons. The van der Waals surface area contributed by atoms with E-state index >= 15 is 0 Å². The second kappa shape index (κ2) is 34.6. The van der Waals surface area contributed by atoms with Crippen molar-refractivity contribution < 1.29 is 20.1 Å². The van der Waals surface area contributed by atoms with Crippen LogP contribution in [0.4, 0.5) is 0 Å². The molecule has 3 unspecified atom stereocenters. The molecule has 50 heavy (non-hydrogen) atoms. The zero-order chi connectivity index (χ0) is 36.3. The molecule has 0 bridgehead atoms. The topological polar surface area (TPSA) is 102 Å². The smallest absolute Gasteiger partial charge is 0.220 e. The quantitative estimate of drug-likeness (QED) is 0.0351. The molecule has 0 aliphatic carbocycles. The zero-order valence-electron chi connectivity index (χ0n) is 32.9. The molecule has 0 saturated carbocycles. The van der Waals surface area contributed by atoms with Gasteiger partial charge in [0.1, 0.15) is 6.23 Å². The van der Waals surface area contributed by atoms with E-state index in [-0.39, 0.29) is 18.1 Å². The number of nitrogens with one attached hydrogen (secondary N) is 2. The molecule has 1 rings (SSSR count). The maximum atomic E-state index is 12.4. The Kier molecular flexibility index (Phi) is 32.2. The molecule has 6 heteroatoms. The van der Waals surface area contributed by atoms with Gasteiger partial charge in [0.2, 0.25) is 5.91 Å². The van der Waals surface area contributed by atoms with Gasteiger partial charge in [0, 0.05) is 19.5 Å². The minimum absolute atomic E-state index is 0.0953. The van der Waals surface area contributed by atoms with E-state index in [0.29, 0.717) is 19.5 Å². The first-order valence-electron chi connectivity index (χ1n) is 21.6. The molecule has 3 atom stereocenters. The molecule has 5 N–H and O–H groups in total. The third kappa shape index (κ3) is 30.2. The number of carbonyl (C=O) groups is 1. The van der Waals surface area contributed by atoms with Crippen LogP contribution in [-0.2, 0) is 17.9 Å². The van der Waals surface area contributed by atoms with Crippen molar-refractivity contribution in [2.75, 3.05) is 0 Å². The van der Waals surface area contributed by atoms with Crippen LogP contribution in [0.5, 0.6) is 0 Å². The largest absolute Gasteiger partial charge is 0.393 e. The van der Waals surface area contributed by atoms with E-state index in [1.807, 2.05) is 12.1 Å².